The molecule has 2 heterocycles. The van der Waals surface area contributed by atoms with Crippen molar-refractivity contribution in [2.75, 3.05) is 26.2 Å². The van der Waals surface area contributed by atoms with Gasteiger partial charge in [-0.3, -0.25) is 4.79 Å². The van der Waals surface area contributed by atoms with E-state index in [1.165, 1.54) is 0 Å². The maximum atomic E-state index is 12.3. The zero-order valence-electron chi connectivity index (χ0n) is 15.5. The lowest BCUT2D eigenvalue weighted by molar-refractivity contribution is 0.00501. The van der Waals surface area contributed by atoms with Gasteiger partial charge in [0.2, 0.25) is 0 Å². The molecule has 2 aromatic rings. The molecule has 0 N–H and O–H groups in total. The molecule has 0 amide bonds. The first-order chi connectivity index (χ1) is 12.2. The molecule has 1 aliphatic heterocycles. The van der Waals surface area contributed by atoms with Gasteiger partial charge < -0.3 is 14.2 Å². The van der Waals surface area contributed by atoms with E-state index in [4.69, 9.17) is 4.74 Å². The number of benzene rings is 1. The van der Waals surface area contributed by atoms with E-state index in [0.717, 1.165) is 63.0 Å². The number of pyridine rings is 1. The quantitative estimate of drug-likeness (QED) is 0.772. The third kappa shape index (κ3) is 4.71. The Bertz CT molecular complexity index is 732. The Hall–Kier alpha value is -1.65. The van der Waals surface area contributed by atoms with Gasteiger partial charge >= 0.3 is 0 Å². The molecule has 0 saturated carbocycles. The molecule has 0 aliphatic carbocycles. The first kappa shape index (κ1) is 18.2. The van der Waals surface area contributed by atoms with Crippen molar-refractivity contribution in [3.05, 3.63) is 46.8 Å². The highest BCUT2D eigenvalue weighted by Gasteiger charge is 2.21. The maximum Gasteiger partial charge on any atom is 0.251 e. The van der Waals surface area contributed by atoms with E-state index in [-0.39, 0.29) is 5.56 Å². The molecule has 1 atom stereocenters. The number of para-hydroxylation sites is 1. The van der Waals surface area contributed by atoms with Crippen LogP contribution < -0.4 is 5.56 Å². The standard InChI is InChI=1S/C21H30N2O2/c1-3-14-25-19-10-12-22(13-11-19)15-17(2)16-23-20-7-5-4-6-18(20)8-9-21(23)24/h4-9,17,19H,3,10-16H2,1-2H3. The lowest BCUT2D eigenvalue weighted by atomic mass is 10.0. The van der Waals surface area contributed by atoms with Gasteiger partial charge in [0, 0.05) is 38.9 Å². The number of likely N-dealkylation sites (tertiary alicyclic amines) is 1. The molecule has 25 heavy (non-hydrogen) atoms. The minimum atomic E-state index is 0.0947. The third-order valence-corrected chi connectivity index (χ3v) is 5.06. The maximum absolute atomic E-state index is 12.3. The van der Waals surface area contributed by atoms with Crippen LogP contribution in [0.15, 0.2) is 41.2 Å². The Morgan fingerprint density at radius 3 is 2.64 bits per heavy atom. The largest absolute Gasteiger partial charge is 0.378 e. The second-order valence-corrected chi connectivity index (χ2v) is 7.32. The molecule has 3 rings (SSSR count). The lowest BCUT2D eigenvalue weighted by Crippen LogP contribution is -2.40. The van der Waals surface area contributed by atoms with Gasteiger partial charge in [-0.25, -0.2) is 0 Å². The normalized spacial score (nSPS) is 17.8. The molecule has 1 aliphatic rings. The SMILES string of the molecule is CCCOC1CCN(CC(C)Cn2c(=O)ccc3ccccc32)CC1. The summed E-state index contributed by atoms with van der Waals surface area (Å²) in [5.74, 6) is 0.441. The number of hydrogen-bond acceptors (Lipinski definition) is 3. The molecule has 1 unspecified atom stereocenters. The van der Waals surface area contributed by atoms with Crippen molar-refractivity contribution in [3.8, 4) is 0 Å². The van der Waals surface area contributed by atoms with E-state index >= 15 is 0 Å². The Morgan fingerprint density at radius 2 is 1.88 bits per heavy atom. The zero-order chi connectivity index (χ0) is 17.6. The Morgan fingerprint density at radius 1 is 1.12 bits per heavy atom. The van der Waals surface area contributed by atoms with Gasteiger partial charge in [0.05, 0.1) is 11.6 Å². The van der Waals surface area contributed by atoms with Crippen LogP contribution in [0.5, 0.6) is 0 Å². The first-order valence-electron chi connectivity index (χ1n) is 9.60. The van der Waals surface area contributed by atoms with Crippen LogP contribution in [0.2, 0.25) is 0 Å². The Kier molecular flexibility index (Phi) is 6.27. The van der Waals surface area contributed by atoms with Crippen LogP contribution in [-0.4, -0.2) is 41.8 Å². The first-order valence-corrected chi connectivity index (χ1v) is 9.60. The molecule has 0 radical (unpaired) electrons. The number of aromatic nitrogens is 1. The summed E-state index contributed by atoms with van der Waals surface area (Å²) in [6.45, 7) is 9.29. The van der Waals surface area contributed by atoms with Gasteiger partial charge in [-0.1, -0.05) is 32.0 Å². The van der Waals surface area contributed by atoms with Gasteiger partial charge in [0.25, 0.3) is 5.56 Å². The minimum Gasteiger partial charge on any atom is -0.378 e. The average molecular weight is 342 g/mol. The summed E-state index contributed by atoms with van der Waals surface area (Å²) in [4.78, 5) is 14.9. The van der Waals surface area contributed by atoms with Gasteiger partial charge in [-0.2, -0.15) is 0 Å². The summed E-state index contributed by atoms with van der Waals surface area (Å²) in [5.41, 5.74) is 1.13. The summed E-state index contributed by atoms with van der Waals surface area (Å²) in [5, 5.41) is 1.13. The van der Waals surface area contributed by atoms with Gasteiger partial charge in [-0.05, 0) is 42.7 Å². The van der Waals surface area contributed by atoms with E-state index < -0.39 is 0 Å². The van der Waals surface area contributed by atoms with Gasteiger partial charge in [0.15, 0.2) is 0 Å². The summed E-state index contributed by atoms with van der Waals surface area (Å²) >= 11 is 0. The minimum absolute atomic E-state index is 0.0947. The van der Waals surface area contributed by atoms with Crippen LogP contribution in [0, 0.1) is 5.92 Å². The van der Waals surface area contributed by atoms with Crippen molar-refractivity contribution < 1.29 is 4.74 Å². The van der Waals surface area contributed by atoms with Crippen molar-refractivity contribution >= 4 is 10.9 Å². The highest BCUT2D eigenvalue weighted by molar-refractivity contribution is 5.78. The molecule has 4 heteroatoms. The highest BCUT2D eigenvalue weighted by atomic mass is 16.5. The van der Waals surface area contributed by atoms with E-state index in [0.29, 0.717) is 12.0 Å². The smallest absolute Gasteiger partial charge is 0.251 e. The molecule has 1 aromatic heterocycles. The Balaban J connectivity index is 1.58. The lowest BCUT2D eigenvalue weighted by Gasteiger charge is -2.33. The van der Waals surface area contributed by atoms with Gasteiger partial charge in [0.1, 0.15) is 0 Å². The fraction of sp³-hybridized carbons (Fsp3) is 0.571. The van der Waals surface area contributed by atoms with Crippen LogP contribution in [0.1, 0.15) is 33.1 Å². The summed E-state index contributed by atoms with van der Waals surface area (Å²) < 4.78 is 7.80. The van der Waals surface area contributed by atoms with Crippen molar-refractivity contribution in [1.29, 1.82) is 0 Å². The van der Waals surface area contributed by atoms with Crippen LogP contribution in [-0.2, 0) is 11.3 Å². The predicted molar refractivity (Wildman–Crippen MR) is 103 cm³/mol. The van der Waals surface area contributed by atoms with Crippen molar-refractivity contribution in [2.45, 2.75) is 45.8 Å². The second-order valence-electron chi connectivity index (χ2n) is 7.32. The molecule has 1 aromatic carbocycles. The van der Waals surface area contributed by atoms with Crippen LogP contribution >= 0.6 is 0 Å². The number of rotatable bonds is 7. The van der Waals surface area contributed by atoms with E-state index in [2.05, 4.69) is 24.8 Å². The predicted octanol–water partition coefficient (Wildman–Crippen LogP) is 3.53. The van der Waals surface area contributed by atoms with Crippen molar-refractivity contribution in [3.63, 3.8) is 0 Å². The second kappa shape index (κ2) is 8.63. The van der Waals surface area contributed by atoms with E-state index in [1.54, 1.807) is 6.07 Å². The molecule has 1 fully saturated rings. The topological polar surface area (TPSA) is 34.5 Å². The average Bonchev–Trinajstić information content (AvgIpc) is 2.63. The highest BCUT2D eigenvalue weighted by Crippen LogP contribution is 2.17. The number of piperidine rings is 1. The number of fused-ring (bicyclic) bond motifs is 1. The van der Waals surface area contributed by atoms with Crippen LogP contribution in [0.3, 0.4) is 0 Å². The summed E-state index contributed by atoms with van der Waals surface area (Å²) in [6.07, 6.45) is 3.78. The molecular weight excluding hydrogens is 312 g/mol. The molecule has 1 saturated heterocycles. The van der Waals surface area contributed by atoms with E-state index in [1.807, 2.05) is 28.8 Å². The molecular formula is C21H30N2O2. The van der Waals surface area contributed by atoms with E-state index in [9.17, 15) is 4.79 Å². The molecule has 0 spiro atoms. The molecule has 4 nitrogen and oxygen atoms in total. The molecule has 136 valence electrons. The number of ether oxygens (including phenoxy) is 1. The molecule has 0 bridgehead atoms. The van der Waals surface area contributed by atoms with Crippen LogP contribution in [0.25, 0.3) is 10.9 Å². The summed E-state index contributed by atoms with van der Waals surface area (Å²) in [6, 6.07) is 11.7. The van der Waals surface area contributed by atoms with Crippen LogP contribution in [0.4, 0.5) is 0 Å². The Labute approximate surface area is 150 Å². The summed E-state index contributed by atoms with van der Waals surface area (Å²) in [7, 11) is 0. The fourth-order valence-electron chi connectivity index (χ4n) is 3.79. The number of hydrogen-bond donors (Lipinski definition) is 0. The monoisotopic (exact) mass is 342 g/mol. The number of nitrogens with zero attached hydrogens (tertiary/aromatic N) is 2. The van der Waals surface area contributed by atoms with Crippen molar-refractivity contribution in [2.24, 2.45) is 5.92 Å². The fourth-order valence-corrected chi connectivity index (χ4v) is 3.79. The van der Waals surface area contributed by atoms with Crippen molar-refractivity contribution in [1.82, 2.24) is 9.47 Å². The zero-order valence-corrected chi connectivity index (χ0v) is 15.5. The third-order valence-electron chi connectivity index (χ3n) is 5.06. The van der Waals surface area contributed by atoms with Gasteiger partial charge in [-0.15, -0.1) is 0 Å².